The van der Waals surface area contributed by atoms with Crippen molar-refractivity contribution in [3.8, 4) is 0 Å². The van der Waals surface area contributed by atoms with Gasteiger partial charge in [-0.2, -0.15) is 0 Å². The molecule has 7 heteroatoms. The van der Waals surface area contributed by atoms with E-state index in [-0.39, 0.29) is 11.9 Å². The molecule has 1 N–H and O–H groups in total. The maximum atomic E-state index is 12.6. The van der Waals surface area contributed by atoms with Gasteiger partial charge in [-0.05, 0) is 39.2 Å². The highest BCUT2D eigenvalue weighted by Crippen LogP contribution is 2.29. The Kier molecular flexibility index (Phi) is 4.89. The van der Waals surface area contributed by atoms with Crippen LogP contribution in [0.1, 0.15) is 45.2 Å². The summed E-state index contributed by atoms with van der Waals surface area (Å²) in [5.41, 5.74) is 0.237. The highest BCUT2D eigenvalue weighted by molar-refractivity contribution is 5.92. The molecule has 0 spiro atoms. The summed E-state index contributed by atoms with van der Waals surface area (Å²) in [4.78, 5) is 38.2. The lowest BCUT2D eigenvalue weighted by Gasteiger charge is -2.37. The fourth-order valence-electron chi connectivity index (χ4n) is 3.16. The molecule has 1 aromatic carbocycles. The summed E-state index contributed by atoms with van der Waals surface area (Å²) in [6.07, 6.45) is -0.207. The van der Waals surface area contributed by atoms with E-state index in [4.69, 9.17) is 9.47 Å². The van der Waals surface area contributed by atoms with E-state index in [1.54, 1.807) is 20.8 Å². The Morgan fingerprint density at radius 2 is 1.88 bits per heavy atom. The van der Waals surface area contributed by atoms with E-state index < -0.39 is 29.8 Å². The number of hydrogen-bond donors (Lipinski definition) is 1. The Bertz CT molecular complexity index is 698. The highest BCUT2D eigenvalue weighted by Gasteiger charge is 2.46. The number of hydrogen-bond acceptors (Lipinski definition) is 5. The van der Waals surface area contributed by atoms with Gasteiger partial charge in [0.05, 0.1) is 0 Å². The van der Waals surface area contributed by atoms with Crippen molar-refractivity contribution in [1.29, 1.82) is 0 Å². The summed E-state index contributed by atoms with van der Waals surface area (Å²) in [5.74, 6) is -0.886. The fraction of sp³-hybridized carbons (Fsp3) is 0.526. The SMILES string of the molecule is CC(C)(C)OC(=O)N1CCC[C@@H]1C(=O)O[C@H]1C(=O)N[C@H]1c1ccccc1. The van der Waals surface area contributed by atoms with E-state index >= 15 is 0 Å². The molecule has 0 saturated carbocycles. The van der Waals surface area contributed by atoms with Crippen LogP contribution in [0.5, 0.6) is 0 Å². The average Bonchev–Trinajstić information content (AvgIpc) is 3.06. The molecule has 3 atom stereocenters. The summed E-state index contributed by atoms with van der Waals surface area (Å²) < 4.78 is 10.8. The molecule has 0 radical (unpaired) electrons. The number of β-lactam (4-membered cyclic amide) rings is 1. The van der Waals surface area contributed by atoms with E-state index in [1.165, 1.54) is 4.90 Å². The minimum atomic E-state index is -0.869. The van der Waals surface area contributed by atoms with Crippen molar-refractivity contribution in [2.75, 3.05) is 6.54 Å². The molecule has 140 valence electrons. The number of nitrogens with one attached hydrogen (secondary N) is 1. The van der Waals surface area contributed by atoms with Gasteiger partial charge in [-0.25, -0.2) is 9.59 Å². The molecule has 26 heavy (non-hydrogen) atoms. The first kappa shape index (κ1) is 18.2. The zero-order valence-corrected chi connectivity index (χ0v) is 15.2. The average molecular weight is 360 g/mol. The van der Waals surface area contributed by atoms with Gasteiger partial charge < -0.3 is 14.8 Å². The van der Waals surface area contributed by atoms with Gasteiger partial charge in [-0.3, -0.25) is 9.69 Å². The summed E-state index contributed by atoms with van der Waals surface area (Å²) >= 11 is 0. The summed E-state index contributed by atoms with van der Waals surface area (Å²) in [5, 5.41) is 2.75. The standard InChI is InChI=1S/C19H24N2O5/c1-19(2,3)26-18(24)21-11-7-10-13(21)17(23)25-15-14(20-16(15)22)12-8-5-4-6-9-12/h4-6,8-9,13-15H,7,10-11H2,1-3H3,(H,20,22)/t13-,14+,15-/m1/s1. The molecule has 3 rings (SSSR count). The molecule has 0 bridgehead atoms. The Morgan fingerprint density at radius 3 is 2.50 bits per heavy atom. The topological polar surface area (TPSA) is 84.9 Å². The molecule has 2 aliphatic rings. The van der Waals surface area contributed by atoms with Gasteiger partial charge in [-0.1, -0.05) is 30.3 Å². The van der Waals surface area contributed by atoms with Gasteiger partial charge in [0.25, 0.3) is 5.91 Å². The van der Waals surface area contributed by atoms with E-state index in [9.17, 15) is 14.4 Å². The molecular weight excluding hydrogens is 336 g/mol. The van der Waals surface area contributed by atoms with Crippen molar-refractivity contribution in [1.82, 2.24) is 10.2 Å². The van der Waals surface area contributed by atoms with Gasteiger partial charge in [0.2, 0.25) is 6.10 Å². The lowest BCUT2D eigenvalue weighted by molar-refractivity contribution is -0.169. The minimum absolute atomic E-state index is 0.325. The van der Waals surface area contributed by atoms with E-state index in [2.05, 4.69) is 5.32 Å². The van der Waals surface area contributed by atoms with Crippen LogP contribution in [0.2, 0.25) is 0 Å². The number of esters is 1. The Labute approximate surface area is 152 Å². The maximum Gasteiger partial charge on any atom is 0.411 e. The Balaban J connectivity index is 1.65. The van der Waals surface area contributed by atoms with Crippen LogP contribution < -0.4 is 5.32 Å². The summed E-state index contributed by atoms with van der Waals surface area (Å²) in [6.45, 7) is 5.76. The van der Waals surface area contributed by atoms with Crippen LogP contribution in [0, 0.1) is 0 Å². The first-order chi connectivity index (χ1) is 12.3. The predicted octanol–water partition coefficient (Wildman–Crippen LogP) is 2.17. The number of carbonyl (C=O) groups is 3. The number of benzene rings is 1. The van der Waals surface area contributed by atoms with Crippen molar-refractivity contribution in [3.63, 3.8) is 0 Å². The second-order valence-corrected chi connectivity index (χ2v) is 7.59. The molecule has 2 heterocycles. The van der Waals surface area contributed by atoms with Crippen LogP contribution in [0.15, 0.2) is 30.3 Å². The molecule has 0 aromatic heterocycles. The normalized spacial score (nSPS) is 25.3. The van der Waals surface area contributed by atoms with E-state index in [1.807, 2.05) is 30.3 Å². The molecule has 0 aliphatic carbocycles. The molecule has 2 aliphatic heterocycles. The molecule has 0 unspecified atom stereocenters. The van der Waals surface area contributed by atoms with Crippen LogP contribution in [0.25, 0.3) is 0 Å². The summed E-state index contributed by atoms with van der Waals surface area (Å²) in [7, 11) is 0. The van der Waals surface area contributed by atoms with Gasteiger partial charge in [0.15, 0.2) is 0 Å². The fourth-order valence-corrected chi connectivity index (χ4v) is 3.16. The number of carbonyl (C=O) groups excluding carboxylic acids is 3. The quantitative estimate of drug-likeness (QED) is 0.660. The van der Waals surface area contributed by atoms with Crippen LogP contribution in [0.3, 0.4) is 0 Å². The number of amides is 2. The molecule has 2 fully saturated rings. The Hall–Kier alpha value is -2.57. The number of likely N-dealkylation sites (tertiary alicyclic amines) is 1. The zero-order chi connectivity index (χ0) is 18.9. The third-order valence-corrected chi connectivity index (χ3v) is 4.41. The van der Waals surface area contributed by atoms with Crippen molar-refractivity contribution in [3.05, 3.63) is 35.9 Å². The van der Waals surface area contributed by atoms with Gasteiger partial charge in [-0.15, -0.1) is 0 Å². The molecule has 1 aromatic rings. The number of nitrogens with zero attached hydrogens (tertiary/aromatic N) is 1. The van der Waals surface area contributed by atoms with E-state index in [0.717, 1.165) is 5.56 Å². The van der Waals surface area contributed by atoms with Crippen LogP contribution in [-0.2, 0) is 19.1 Å². The van der Waals surface area contributed by atoms with Crippen molar-refractivity contribution < 1.29 is 23.9 Å². The van der Waals surface area contributed by atoms with Gasteiger partial charge >= 0.3 is 12.1 Å². The van der Waals surface area contributed by atoms with Crippen molar-refractivity contribution in [2.45, 2.75) is 57.4 Å². The Morgan fingerprint density at radius 1 is 1.19 bits per heavy atom. The maximum absolute atomic E-state index is 12.6. The van der Waals surface area contributed by atoms with Crippen LogP contribution in [-0.4, -0.2) is 47.2 Å². The van der Waals surface area contributed by atoms with Crippen molar-refractivity contribution >= 4 is 18.0 Å². The zero-order valence-electron chi connectivity index (χ0n) is 15.2. The first-order valence-electron chi connectivity index (χ1n) is 8.82. The second kappa shape index (κ2) is 6.97. The van der Waals surface area contributed by atoms with Gasteiger partial charge in [0.1, 0.15) is 17.7 Å². The lowest BCUT2D eigenvalue weighted by Crippen LogP contribution is -2.59. The van der Waals surface area contributed by atoms with Crippen molar-refractivity contribution in [2.24, 2.45) is 0 Å². The monoisotopic (exact) mass is 360 g/mol. The van der Waals surface area contributed by atoms with Crippen LogP contribution in [0.4, 0.5) is 4.79 Å². The smallest absolute Gasteiger partial charge is 0.411 e. The minimum Gasteiger partial charge on any atom is -0.448 e. The van der Waals surface area contributed by atoms with E-state index in [0.29, 0.717) is 19.4 Å². The molecule has 7 nitrogen and oxygen atoms in total. The summed E-state index contributed by atoms with van der Waals surface area (Å²) in [6, 6.07) is 8.27. The largest absolute Gasteiger partial charge is 0.448 e. The predicted molar refractivity (Wildman–Crippen MR) is 93.2 cm³/mol. The number of ether oxygens (including phenoxy) is 2. The molecule has 2 amide bonds. The first-order valence-corrected chi connectivity index (χ1v) is 8.82. The second-order valence-electron chi connectivity index (χ2n) is 7.59. The number of rotatable bonds is 3. The molecular formula is C19H24N2O5. The third kappa shape index (κ3) is 3.81. The highest BCUT2D eigenvalue weighted by atomic mass is 16.6. The van der Waals surface area contributed by atoms with Crippen LogP contribution >= 0.6 is 0 Å². The third-order valence-electron chi connectivity index (χ3n) is 4.41. The molecule has 2 saturated heterocycles. The lowest BCUT2D eigenvalue weighted by atomic mass is 9.94. The van der Waals surface area contributed by atoms with Gasteiger partial charge in [0, 0.05) is 6.54 Å².